The highest BCUT2D eigenvalue weighted by Gasteiger charge is 2.53. The maximum atomic E-state index is 12.8. The number of ether oxygens (including phenoxy) is 3. The van der Waals surface area contributed by atoms with Crippen LogP contribution in [0.4, 0.5) is 0 Å². The summed E-state index contributed by atoms with van der Waals surface area (Å²) in [5.74, 6) is 3.59. The first-order valence-electron chi connectivity index (χ1n) is 9.79. The van der Waals surface area contributed by atoms with Gasteiger partial charge in [0.1, 0.15) is 17.2 Å². The maximum Gasteiger partial charge on any atom is 0.544 e. The molecule has 0 saturated carbocycles. The molecule has 4 N–H and O–H groups in total. The molecule has 11 nitrogen and oxygen atoms in total. The van der Waals surface area contributed by atoms with E-state index in [2.05, 4.69) is 4.62 Å². The predicted molar refractivity (Wildman–Crippen MR) is 114 cm³/mol. The topological polar surface area (TPSA) is 166 Å². The number of aliphatic carboxylic acids is 1. The Balaban J connectivity index is 1.69. The fraction of sp³-hybridized carbons (Fsp3) is 0.0909. The minimum Gasteiger partial charge on any atom is -0.474 e. The van der Waals surface area contributed by atoms with Crippen LogP contribution in [0.1, 0.15) is 27.0 Å². The molecule has 0 saturated heterocycles. The van der Waals surface area contributed by atoms with Gasteiger partial charge in [0.25, 0.3) is 0 Å². The Morgan fingerprint density at radius 3 is 2.50 bits per heavy atom. The number of carboxylic acids is 1. The fourth-order valence-corrected chi connectivity index (χ4v) is 4.51. The van der Waals surface area contributed by atoms with Crippen LogP contribution in [0.5, 0.6) is 23.0 Å². The largest absolute Gasteiger partial charge is 0.544 e. The molecule has 2 heterocycles. The van der Waals surface area contributed by atoms with Crippen molar-refractivity contribution < 1.29 is 47.5 Å². The Morgan fingerprint density at radius 2 is 1.76 bits per heavy atom. The van der Waals surface area contributed by atoms with Crippen LogP contribution in [0.25, 0.3) is 0 Å². The molecule has 3 aromatic rings. The van der Waals surface area contributed by atoms with Crippen molar-refractivity contribution in [3.63, 3.8) is 0 Å². The maximum absolute atomic E-state index is 12.8. The quantitative estimate of drug-likeness (QED) is 0.203. The molecule has 5 rings (SSSR count). The van der Waals surface area contributed by atoms with Crippen LogP contribution < -0.4 is 19.9 Å². The first-order valence-corrected chi connectivity index (χ1v) is 11.3. The highest BCUT2D eigenvalue weighted by atomic mass is 31.2. The average Bonchev–Trinajstić information content (AvgIpc) is 3.10. The number of carbonyl (C=O) groups is 2. The van der Waals surface area contributed by atoms with Crippen molar-refractivity contribution in [2.24, 2.45) is 5.90 Å². The summed E-state index contributed by atoms with van der Waals surface area (Å²) in [6.07, 6.45) is 0. The summed E-state index contributed by atoms with van der Waals surface area (Å²) in [6.45, 7) is -0.568. The number of rotatable bonds is 6. The van der Waals surface area contributed by atoms with Gasteiger partial charge in [-0.1, -0.05) is 18.2 Å². The molecule has 1 spiro atoms. The zero-order valence-electron chi connectivity index (χ0n) is 17.2. The van der Waals surface area contributed by atoms with Gasteiger partial charge in [-0.05, 0) is 24.3 Å². The van der Waals surface area contributed by atoms with Gasteiger partial charge >= 0.3 is 32.1 Å². The predicted octanol–water partition coefficient (Wildman–Crippen LogP) is 3.09. The summed E-state index contributed by atoms with van der Waals surface area (Å²) < 4.78 is 37.9. The highest BCUT2D eigenvalue weighted by molar-refractivity contribution is 7.47. The fourth-order valence-electron chi connectivity index (χ4n) is 4.08. The number of benzene rings is 3. The van der Waals surface area contributed by atoms with Gasteiger partial charge in [-0.15, -0.1) is 0 Å². The van der Waals surface area contributed by atoms with Crippen LogP contribution in [-0.2, 0) is 24.3 Å². The average molecular weight is 485 g/mol. The molecule has 0 amide bonds. The molecule has 2 unspecified atom stereocenters. The van der Waals surface area contributed by atoms with Crippen LogP contribution in [-0.4, -0.2) is 28.5 Å². The number of esters is 1. The first kappa shape index (κ1) is 21.9. The van der Waals surface area contributed by atoms with Crippen LogP contribution in [0.2, 0.25) is 0 Å². The molecule has 2 aliphatic heterocycles. The Kier molecular flexibility index (Phi) is 5.07. The number of carboxylic acid groups (broad SMARTS) is 1. The van der Waals surface area contributed by atoms with Gasteiger partial charge in [-0.25, -0.2) is 24.8 Å². The number of hydrogen-bond donors (Lipinski definition) is 3. The third kappa shape index (κ3) is 3.47. The van der Waals surface area contributed by atoms with Gasteiger partial charge in [0, 0.05) is 28.8 Å². The Bertz CT molecular complexity index is 1390. The van der Waals surface area contributed by atoms with Crippen LogP contribution in [0.15, 0.2) is 60.7 Å². The van der Waals surface area contributed by atoms with Gasteiger partial charge < -0.3 is 19.1 Å². The monoisotopic (exact) mass is 485 g/mol. The van der Waals surface area contributed by atoms with Gasteiger partial charge in [0.05, 0.1) is 11.6 Å². The molecule has 2 atom stereocenters. The number of phosphoric ester groups is 1. The second-order valence-electron chi connectivity index (χ2n) is 7.38. The normalized spacial score (nSPS) is 19.2. The van der Waals surface area contributed by atoms with E-state index in [1.807, 2.05) is 0 Å². The first-order chi connectivity index (χ1) is 16.2. The number of fused-ring (bicyclic) bond motifs is 6. The molecule has 0 fully saturated rings. The zero-order valence-corrected chi connectivity index (χ0v) is 18.1. The van der Waals surface area contributed by atoms with Gasteiger partial charge in [-0.3, -0.25) is 4.89 Å². The number of carbonyl (C=O) groups excluding carboxylic acids is 1. The molecule has 1 radical (unpaired) electrons. The summed E-state index contributed by atoms with van der Waals surface area (Å²) in [7, 11) is -4.56. The van der Waals surface area contributed by atoms with Crippen LogP contribution in [0, 0.1) is 0 Å². The minimum absolute atomic E-state index is 0.0930. The summed E-state index contributed by atoms with van der Waals surface area (Å²) in [6, 6.07) is 15.7. The molecule has 12 heteroatoms. The van der Waals surface area contributed by atoms with Crippen molar-refractivity contribution >= 4 is 19.8 Å². The van der Waals surface area contributed by atoms with E-state index in [0.29, 0.717) is 22.3 Å². The molecule has 3 aromatic carbocycles. The lowest BCUT2D eigenvalue weighted by molar-refractivity contribution is -0.139. The van der Waals surface area contributed by atoms with Crippen molar-refractivity contribution in [2.75, 3.05) is 6.61 Å². The smallest absolute Gasteiger partial charge is 0.474 e. The third-order valence-electron chi connectivity index (χ3n) is 5.37. The molecule has 0 bridgehead atoms. The molecule has 173 valence electrons. The van der Waals surface area contributed by atoms with E-state index in [1.54, 1.807) is 36.4 Å². The van der Waals surface area contributed by atoms with E-state index in [0.717, 1.165) is 0 Å². The Hall–Kier alpha value is -3.89. The van der Waals surface area contributed by atoms with Crippen LogP contribution >= 0.6 is 7.82 Å². The minimum atomic E-state index is -4.56. The van der Waals surface area contributed by atoms with Crippen molar-refractivity contribution in [3.05, 3.63) is 82.9 Å². The van der Waals surface area contributed by atoms with Crippen molar-refractivity contribution in [2.45, 2.75) is 5.60 Å². The van der Waals surface area contributed by atoms with Crippen molar-refractivity contribution in [1.82, 2.24) is 0 Å². The van der Waals surface area contributed by atoms with E-state index in [9.17, 15) is 19.0 Å². The van der Waals surface area contributed by atoms with Crippen molar-refractivity contribution in [1.29, 1.82) is 0 Å². The lowest BCUT2D eigenvalue weighted by Crippen LogP contribution is -2.33. The number of nitrogens with two attached hydrogens (primary N) is 1. The van der Waals surface area contributed by atoms with Gasteiger partial charge in [0.2, 0.25) is 0 Å². The molecule has 34 heavy (non-hydrogen) atoms. The SMILES string of the molecule is NOP(=O)(O)Oc1ccc2c(c1)Oc1cc([O+]CC(=O)O)ccc1C21OC(=O)c2ccccc21. The summed E-state index contributed by atoms with van der Waals surface area (Å²) in [5, 5.41) is 8.90. The lowest BCUT2D eigenvalue weighted by Gasteiger charge is -2.36. The summed E-state index contributed by atoms with van der Waals surface area (Å²) in [4.78, 5) is 33.3. The summed E-state index contributed by atoms with van der Waals surface area (Å²) in [5.41, 5.74) is 0.452. The van der Waals surface area contributed by atoms with Gasteiger partial charge in [-0.2, -0.15) is 4.62 Å². The Morgan fingerprint density at radius 1 is 1.06 bits per heavy atom. The van der Waals surface area contributed by atoms with Gasteiger partial charge in [0.15, 0.2) is 5.60 Å². The van der Waals surface area contributed by atoms with E-state index in [4.69, 9.17) is 29.7 Å². The molecular formula is C22H16NO10P+. The van der Waals surface area contributed by atoms with Crippen LogP contribution in [0.3, 0.4) is 0 Å². The van der Waals surface area contributed by atoms with E-state index < -0.39 is 32.0 Å². The molecule has 0 aliphatic carbocycles. The third-order valence-corrected chi connectivity index (χ3v) is 6.08. The lowest BCUT2D eigenvalue weighted by atomic mass is 9.77. The standard InChI is InChI=1S/C22H16NO10P/c23-33-34(27,28)32-13-6-8-17-19(10-13)30-18-9-12(29-11-20(24)25)5-7-16(18)22(17)15-4-2-1-3-14(15)21(26)31-22/h1-10H,11,23H2,(H,24,25)(H,27,28)/q+1. The molecular weight excluding hydrogens is 469 g/mol. The second-order valence-corrected chi connectivity index (χ2v) is 8.71. The zero-order chi connectivity index (χ0) is 24.1. The number of phosphoric acid groups is 1. The highest BCUT2D eigenvalue weighted by Crippen LogP contribution is 2.57. The van der Waals surface area contributed by atoms with E-state index in [1.165, 1.54) is 24.3 Å². The Labute approximate surface area is 191 Å². The number of hydrogen-bond acceptors (Lipinski definition) is 9. The summed E-state index contributed by atoms with van der Waals surface area (Å²) >= 11 is 0. The van der Waals surface area contributed by atoms with E-state index in [-0.39, 0.29) is 23.0 Å². The molecule has 2 aliphatic rings. The molecule has 0 aromatic heterocycles. The van der Waals surface area contributed by atoms with Crippen molar-refractivity contribution in [3.8, 4) is 23.0 Å². The second kappa shape index (κ2) is 7.86. The van der Waals surface area contributed by atoms with E-state index >= 15 is 0 Å².